The maximum absolute atomic E-state index is 12.5. The van der Waals surface area contributed by atoms with E-state index in [-0.39, 0.29) is 5.91 Å². The van der Waals surface area contributed by atoms with Gasteiger partial charge in [-0.2, -0.15) is 5.10 Å². The van der Waals surface area contributed by atoms with Crippen molar-refractivity contribution in [2.45, 2.75) is 19.8 Å². The van der Waals surface area contributed by atoms with Crippen LogP contribution in [0.4, 0.5) is 5.82 Å². The number of hydrogen-bond donors (Lipinski definition) is 3. The molecule has 0 bridgehead atoms. The first-order valence-corrected chi connectivity index (χ1v) is 9.84. The molecule has 0 fully saturated rings. The van der Waals surface area contributed by atoms with Crippen LogP contribution in [0.25, 0.3) is 5.70 Å². The molecule has 0 aliphatic heterocycles. The number of aromatic nitrogens is 3. The van der Waals surface area contributed by atoms with E-state index in [1.54, 1.807) is 12.4 Å². The Hall–Kier alpha value is -2.93. The molecule has 144 valence electrons. The van der Waals surface area contributed by atoms with E-state index in [0.29, 0.717) is 22.5 Å². The molecule has 0 saturated heterocycles. The van der Waals surface area contributed by atoms with Gasteiger partial charge in [-0.3, -0.25) is 14.9 Å². The summed E-state index contributed by atoms with van der Waals surface area (Å²) in [5, 5.41) is 13.1. The van der Waals surface area contributed by atoms with Gasteiger partial charge in [0.05, 0.1) is 4.47 Å². The van der Waals surface area contributed by atoms with Gasteiger partial charge in [-0.1, -0.05) is 37.8 Å². The first-order chi connectivity index (χ1) is 13.6. The first-order valence-electron chi connectivity index (χ1n) is 9.05. The van der Waals surface area contributed by atoms with Crippen molar-refractivity contribution in [3.8, 4) is 0 Å². The fourth-order valence-electron chi connectivity index (χ4n) is 2.85. The van der Waals surface area contributed by atoms with E-state index in [1.807, 2.05) is 30.3 Å². The fourth-order valence-corrected chi connectivity index (χ4v) is 3.31. The van der Waals surface area contributed by atoms with E-state index in [1.165, 1.54) is 5.56 Å². The number of nitrogens with one attached hydrogen (secondary N) is 3. The van der Waals surface area contributed by atoms with E-state index in [0.717, 1.165) is 29.7 Å². The van der Waals surface area contributed by atoms with Crippen molar-refractivity contribution in [2.24, 2.45) is 0 Å². The minimum absolute atomic E-state index is 0.221. The zero-order valence-electron chi connectivity index (χ0n) is 15.6. The van der Waals surface area contributed by atoms with Crippen molar-refractivity contribution in [3.63, 3.8) is 0 Å². The van der Waals surface area contributed by atoms with Crippen LogP contribution in [0.15, 0.2) is 59.8 Å². The summed E-state index contributed by atoms with van der Waals surface area (Å²) in [6.07, 6.45) is 5.12. The molecule has 7 heteroatoms. The number of hydrogen-bond acceptors (Lipinski definition) is 4. The monoisotopic (exact) mass is 439 g/mol. The highest BCUT2D eigenvalue weighted by atomic mass is 79.9. The average molecular weight is 440 g/mol. The molecule has 0 unspecified atom stereocenters. The highest BCUT2D eigenvalue weighted by molar-refractivity contribution is 9.10. The van der Waals surface area contributed by atoms with Crippen molar-refractivity contribution >= 4 is 33.4 Å². The summed E-state index contributed by atoms with van der Waals surface area (Å²) in [5.74, 6) is 0.302. The number of nitrogens with zero attached hydrogens (tertiary/aromatic N) is 2. The van der Waals surface area contributed by atoms with Gasteiger partial charge in [0, 0.05) is 30.2 Å². The average Bonchev–Trinajstić information content (AvgIpc) is 3.09. The van der Waals surface area contributed by atoms with Gasteiger partial charge in [0.1, 0.15) is 5.69 Å². The van der Waals surface area contributed by atoms with Crippen LogP contribution in [0, 0.1) is 0 Å². The number of anilines is 1. The predicted octanol–water partition coefficient (Wildman–Crippen LogP) is 4.18. The second-order valence-corrected chi connectivity index (χ2v) is 7.03. The molecule has 1 amide bonds. The minimum Gasteiger partial charge on any atom is -0.350 e. The Labute approximate surface area is 172 Å². The summed E-state index contributed by atoms with van der Waals surface area (Å²) in [7, 11) is 0. The number of aromatic amines is 1. The number of amides is 1. The zero-order valence-corrected chi connectivity index (χ0v) is 17.2. The lowest BCUT2D eigenvalue weighted by atomic mass is 10.0. The lowest BCUT2D eigenvalue weighted by molar-refractivity contribution is 0.0948. The Balaban J connectivity index is 1.63. The third kappa shape index (κ3) is 4.67. The SMILES string of the molecule is C=C(Nc1n[nH]c(C(=O)NCCc2ccncc2)c1Br)c1ccccc1CC. The third-order valence-corrected chi connectivity index (χ3v) is 5.15. The molecule has 0 atom stereocenters. The Morgan fingerprint density at radius 2 is 1.96 bits per heavy atom. The number of halogens is 1. The van der Waals surface area contributed by atoms with Crippen molar-refractivity contribution in [1.82, 2.24) is 20.5 Å². The molecule has 0 aliphatic carbocycles. The van der Waals surface area contributed by atoms with Gasteiger partial charge in [-0.05, 0) is 52.0 Å². The molecule has 3 rings (SSSR count). The number of aryl methyl sites for hydroxylation is 1. The topological polar surface area (TPSA) is 82.7 Å². The highest BCUT2D eigenvalue weighted by Crippen LogP contribution is 2.27. The molecule has 3 N–H and O–H groups in total. The molecule has 3 aromatic rings. The number of carbonyl (C=O) groups is 1. The summed E-state index contributed by atoms with van der Waals surface area (Å²) < 4.78 is 0.573. The Morgan fingerprint density at radius 1 is 1.21 bits per heavy atom. The van der Waals surface area contributed by atoms with Gasteiger partial charge in [0.2, 0.25) is 0 Å². The normalized spacial score (nSPS) is 10.5. The Morgan fingerprint density at radius 3 is 2.71 bits per heavy atom. The van der Waals surface area contributed by atoms with Crippen molar-refractivity contribution in [3.05, 3.63) is 82.2 Å². The molecule has 0 saturated carbocycles. The van der Waals surface area contributed by atoms with Gasteiger partial charge in [0.15, 0.2) is 5.82 Å². The maximum Gasteiger partial charge on any atom is 0.270 e. The van der Waals surface area contributed by atoms with Crippen LogP contribution >= 0.6 is 15.9 Å². The van der Waals surface area contributed by atoms with Gasteiger partial charge in [-0.25, -0.2) is 0 Å². The van der Waals surface area contributed by atoms with Crippen LogP contribution in [0.5, 0.6) is 0 Å². The molecule has 1 aromatic carbocycles. The lowest BCUT2D eigenvalue weighted by Gasteiger charge is -2.12. The predicted molar refractivity (Wildman–Crippen MR) is 115 cm³/mol. The number of benzene rings is 1. The van der Waals surface area contributed by atoms with E-state index in [9.17, 15) is 4.79 Å². The molecule has 0 spiro atoms. The van der Waals surface area contributed by atoms with Crippen molar-refractivity contribution in [1.29, 1.82) is 0 Å². The minimum atomic E-state index is -0.221. The van der Waals surface area contributed by atoms with Gasteiger partial charge < -0.3 is 10.6 Å². The lowest BCUT2D eigenvalue weighted by Crippen LogP contribution is -2.26. The molecule has 0 radical (unpaired) electrons. The van der Waals surface area contributed by atoms with Crippen molar-refractivity contribution < 1.29 is 4.79 Å². The van der Waals surface area contributed by atoms with E-state index >= 15 is 0 Å². The second kappa shape index (κ2) is 9.32. The summed E-state index contributed by atoms with van der Waals surface area (Å²) in [4.78, 5) is 16.4. The molecule has 6 nitrogen and oxygen atoms in total. The third-order valence-electron chi connectivity index (χ3n) is 4.38. The van der Waals surface area contributed by atoms with Crippen LogP contribution in [0.1, 0.15) is 34.1 Å². The Bertz CT molecular complexity index is 968. The summed E-state index contributed by atoms with van der Waals surface area (Å²) in [5.41, 5.74) is 4.44. The van der Waals surface area contributed by atoms with E-state index in [4.69, 9.17) is 0 Å². The van der Waals surface area contributed by atoms with Gasteiger partial charge >= 0.3 is 0 Å². The second-order valence-electron chi connectivity index (χ2n) is 6.24. The van der Waals surface area contributed by atoms with Crippen LogP contribution in [0.3, 0.4) is 0 Å². The van der Waals surface area contributed by atoms with Crippen molar-refractivity contribution in [2.75, 3.05) is 11.9 Å². The molecule has 28 heavy (non-hydrogen) atoms. The fraction of sp³-hybridized carbons (Fsp3) is 0.190. The number of pyridine rings is 1. The molecule has 0 aliphatic rings. The van der Waals surface area contributed by atoms with Crippen LogP contribution in [-0.2, 0) is 12.8 Å². The number of rotatable bonds is 8. The van der Waals surface area contributed by atoms with E-state index in [2.05, 4.69) is 61.3 Å². The summed E-state index contributed by atoms with van der Waals surface area (Å²) >= 11 is 3.46. The Kier molecular flexibility index (Phi) is 6.60. The van der Waals surface area contributed by atoms with Crippen LogP contribution in [0.2, 0.25) is 0 Å². The quantitative estimate of drug-likeness (QED) is 0.491. The summed E-state index contributed by atoms with van der Waals surface area (Å²) in [6.45, 7) is 6.74. The molecule has 2 aromatic heterocycles. The molecule has 2 heterocycles. The van der Waals surface area contributed by atoms with Gasteiger partial charge in [0.25, 0.3) is 5.91 Å². The largest absolute Gasteiger partial charge is 0.350 e. The first kappa shape index (κ1) is 19.8. The standard InChI is InChI=1S/C21H22BrN5O/c1-3-16-6-4-5-7-17(16)14(2)25-20-18(22)19(26-27-20)21(28)24-13-10-15-8-11-23-12-9-15/h4-9,11-12H,2-3,10,13H2,1H3,(H,24,28)(H2,25,26,27). The maximum atomic E-state index is 12.5. The van der Waals surface area contributed by atoms with Gasteiger partial charge in [-0.15, -0.1) is 0 Å². The zero-order chi connectivity index (χ0) is 19.9. The van der Waals surface area contributed by atoms with Crippen LogP contribution < -0.4 is 10.6 Å². The van der Waals surface area contributed by atoms with E-state index < -0.39 is 0 Å². The molecular formula is C21H22BrN5O. The summed E-state index contributed by atoms with van der Waals surface area (Å²) in [6, 6.07) is 11.9. The number of H-pyrrole nitrogens is 1. The number of carbonyl (C=O) groups excluding carboxylic acids is 1. The smallest absolute Gasteiger partial charge is 0.270 e. The van der Waals surface area contributed by atoms with Crippen LogP contribution in [-0.4, -0.2) is 27.6 Å². The molecular weight excluding hydrogens is 418 g/mol. The highest BCUT2D eigenvalue weighted by Gasteiger charge is 2.18.